The zero-order valence-corrected chi connectivity index (χ0v) is 12.5. The Morgan fingerprint density at radius 1 is 1.27 bits per heavy atom. The monoisotopic (exact) mass is 378 g/mol. The Morgan fingerprint density at radius 3 is 2.59 bits per heavy atom. The standard InChI is InChI=1S/C13H10BrF3N2O3/c14-10-7-3-1-2-4-8(7)19-11(10)12(21)22-5-9(20)18-6-13(15,16)17/h1-4,19H,5-6H2,(H,18,20). The zero-order valence-electron chi connectivity index (χ0n) is 11.0. The van der Waals surface area contributed by atoms with E-state index in [0.717, 1.165) is 5.39 Å². The van der Waals surface area contributed by atoms with Crippen LogP contribution in [0.1, 0.15) is 10.5 Å². The Morgan fingerprint density at radius 2 is 1.95 bits per heavy atom. The van der Waals surface area contributed by atoms with Crippen molar-refractivity contribution in [3.05, 3.63) is 34.4 Å². The van der Waals surface area contributed by atoms with E-state index in [2.05, 4.69) is 25.7 Å². The van der Waals surface area contributed by atoms with Crippen LogP contribution in [0, 0.1) is 0 Å². The fraction of sp³-hybridized carbons (Fsp3) is 0.231. The van der Waals surface area contributed by atoms with Gasteiger partial charge in [0.25, 0.3) is 5.91 Å². The number of ether oxygens (including phenoxy) is 1. The topological polar surface area (TPSA) is 71.2 Å². The van der Waals surface area contributed by atoms with E-state index in [-0.39, 0.29) is 5.69 Å². The summed E-state index contributed by atoms with van der Waals surface area (Å²) in [6, 6.07) is 7.06. The van der Waals surface area contributed by atoms with Gasteiger partial charge in [-0.2, -0.15) is 13.2 Å². The highest BCUT2D eigenvalue weighted by Gasteiger charge is 2.28. The molecule has 2 rings (SSSR count). The molecule has 0 fully saturated rings. The van der Waals surface area contributed by atoms with Crippen molar-refractivity contribution in [1.82, 2.24) is 10.3 Å². The third-order valence-corrected chi connectivity index (χ3v) is 3.49. The summed E-state index contributed by atoms with van der Waals surface area (Å²) < 4.78 is 40.9. The van der Waals surface area contributed by atoms with Crippen LogP contribution in [0.5, 0.6) is 0 Å². The Balaban J connectivity index is 1.97. The highest BCUT2D eigenvalue weighted by atomic mass is 79.9. The molecule has 0 atom stereocenters. The normalized spacial score (nSPS) is 11.5. The van der Waals surface area contributed by atoms with Gasteiger partial charge in [-0.1, -0.05) is 18.2 Å². The molecule has 0 saturated heterocycles. The van der Waals surface area contributed by atoms with E-state index in [1.807, 2.05) is 0 Å². The molecular formula is C13H10BrF3N2O3. The second-order valence-electron chi connectivity index (χ2n) is 4.33. The number of aromatic amines is 1. The first-order valence-corrected chi connectivity index (χ1v) is 6.84. The molecule has 0 radical (unpaired) electrons. The lowest BCUT2D eigenvalue weighted by atomic mass is 10.2. The quantitative estimate of drug-likeness (QED) is 0.803. The summed E-state index contributed by atoms with van der Waals surface area (Å²) in [4.78, 5) is 25.8. The molecule has 118 valence electrons. The van der Waals surface area contributed by atoms with Crippen LogP contribution in [-0.2, 0) is 9.53 Å². The van der Waals surface area contributed by atoms with Gasteiger partial charge in [-0.15, -0.1) is 0 Å². The molecule has 0 aliphatic carbocycles. The van der Waals surface area contributed by atoms with Gasteiger partial charge in [-0.25, -0.2) is 4.79 Å². The molecule has 1 aromatic carbocycles. The van der Waals surface area contributed by atoms with E-state index < -0.39 is 31.2 Å². The number of H-pyrrole nitrogens is 1. The number of amides is 1. The molecule has 9 heteroatoms. The van der Waals surface area contributed by atoms with Gasteiger partial charge in [0.05, 0.1) is 4.47 Å². The van der Waals surface area contributed by atoms with E-state index in [1.54, 1.807) is 29.6 Å². The van der Waals surface area contributed by atoms with Gasteiger partial charge in [0, 0.05) is 10.9 Å². The fourth-order valence-electron chi connectivity index (χ4n) is 1.70. The highest BCUT2D eigenvalue weighted by molar-refractivity contribution is 9.10. The molecule has 0 saturated carbocycles. The number of hydrogen-bond acceptors (Lipinski definition) is 3. The molecule has 0 unspecified atom stereocenters. The number of esters is 1. The summed E-state index contributed by atoms with van der Waals surface area (Å²) in [5, 5.41) is 2.35. The minimum absolute atomic E-state index is 0.0878. The van der Waals surface area contributed by atoms with Gasteiger partial charge in [-0.05, 0) is 22.0 Å². The van der Waals surface area contributed by atoms with Crippen molar-refractivity contribution in [2.75, 3.05) is 13.2 Å². The summed E-state index contributed by atoms with van der Waals surface area (Å²) >= 11 is 3.23. The number of alkyl halides is 3. The predicted octanol–water partition coefficient (Wildman–Crippen LogP) is 2.77. The van der Waals surface area contributed by atoms with Gasteiger partial charge >= 0.3 is 12.1 Å². The summed E-state index contributed by atoms with van der Waals surface area (Å²) in [7, 11) is 0. The van der Waals surface area contributed by atoms with Gasteiger partial charge in [-0.3, -0.25) is 4.79 Å². The molecule has 2 aromatic rings. The number of rotatable bonds is 4. The van der Waals surface area contributed by atoms with Crippen LogP contribution >= 0.6 is 15.9 Å². The second kappa shape index (κ2) is 6.39. The minimum Gasteiger partial charge on any atom is -0.451 e. The second-order valence-corrected chi connectivity index (χ2v) is 5.12. The fourth-order valence-corrected chi connectivity index (χ4v) is 2.31. The molecule has 1 heterocycles. The maximum absolute atomic E-state index is 11.9. The number of halogens is 4. The first-order valence-electron chi connectivity index (χ1n) is 6.04. The Hall–Kier alpha value is -2.03. The van der Waals surface area contributed by atoms with Crippen LogP contribution in [0.4, 0.5) is 13.2 Å². The van der Waals surface area contributed by atoms with Crippen molar-refractivity contribution in [3.8, 4) is 0 Å². The molecule has 0 aliphatic rings. The van der Waals surface area contributed by atoms with Gasteiger partial charge in [0.15, 0.2) is 6.61 Å². The maximum Gasteiger partial charge on any atom is 0.405 e. The van der Waals surface area contributed by atoms with Gasteiger partial charge < -0.3 is 15.0 Å². The van der Waals surface area contributed by atoms with E-state index in [1.165, 1.54) is 0 Å². The van der Waals surface area contributed by atoms with Crippen molar-refractivity contribution in [2.45, 2.75) is 6.18 Å². The summed E-state index contributed by atoms with van der Waals surface area (Å²) in [5.41, 5.74) is 0.771. The van der Waals surface area contributed by atoms with Crippen LogP contribution in [0.25, 0.3) is 10.9 Å². The number of aromatic nitrogens is 1. The van der Waals surface area contributed by atoms with Gasteiger partial charge in [0.1, 0.15) is 12.2 Å². The first-order chi connectivity index (χ1) is 10.3. The molecule has 1 aromatic heterocycles. The van der Waals surface area contributed by atoms with Crippen LogP contribution in [0.3, 0.4) is 0 Å². The number of benzene rings is 1. The number of nitrogens with one attached hydrogen (secondary N) is 2. The zero-order chi connectivity index (χ0) is 16.3. The molecule has 0 bridgehead atoms. The van der Waals surface area contributed by atoms with Crippen LogP contribution in [0.15, 0.2) is 28.7 Å². The Kier molecular flexibility index (Phi) is 4.74. The van der Waals surface area contributed by atoms with Crippen LogP contribution < -0.4 is 5.32 Å². The number of carbonyl (C=O) groups is 2. The molecule has 22 heavy (non-hydrogen) atoms. The number of fused-ring (bicyclic) bond motifs is 1. The molecule has 0 aliphatic heterocycles. The molecular weight excluding hydrogens is 369 g/mol. The van der Waals surface area contributed by atoms with E-state index in [9.17, 15) is 22.8 Å². The van der Waals surface area contributed by atoms with E-state index in [0.29, 0.717) is 9.99 Å². The third kappa shape index (κ3) is 4.00. The van der Waals surface area contributed by atoms with Crippen molar-refractivity contribution < 1.29 is 27.5 Å². The van der Waals surface area contributed by atoms with Gasteiger partial charge in [0.2, 0.25) is 0 Å². The summed E-state index contributed by atoms with van der Waals surface area (Å²) in [6.45, 7) is -2.27. The minimum atomic E-state index is -4.51. The van der Waals surface area contributed by atoms with E-state index in [4.69, 9.17) is 0 Å². The van der Waals surface area contributed by atoms with Crippen LogP contribution in [0.2, 0.25) is 0 Å². The lowest BCUT2D eigenvalue weighted by Crippen LogP contribution is -2.36. The maximum atomic E-state index is 11.9. The van der Waals surface area contributed by atoms with Crippen LogP contribution in [-0.4, -0.2) is 36.2 Å². The van der Waals surface area contributed by atoms with Crippen molar-refractivity contribution in [1.29, 1.82) is 0 Å². The third-order valence-electron chi connectivity index (χ3n) is 2.67. The van der Waals surface area contributed by atoms with Crippen molar-refractivity contribution in [3.63, 3.8) is 0 Å². The van der Waals surface area contributed by atoms with Crippen molar-refractivity contribution in [2.24, 2.45) is 0 Å². The predicted molar refractivity (Wildman–Crippen MR) is 75.3 cm³/mol. The Bertz CT molecular complexity index is 712. The lowest BCUT2D eigenvalue weighted by Gasteiger charge is -2.08. The smallest absolute Gasteiger partial charge is 0.405 e. The first kappa shape index (κ1) is 16.3. The molecule has 0 spiro atoms. The Labute approximate surface area is 130 Å². The van der Waals surface area contributed by atoms with Crippen molar-refractivity contribution >= 4 is 38.7 Å². The van der Waals surface area contributed by atoms with E-state index >= 15 is 0 Å². The average Bonchev–Trinajstić information content (AvgIpc) is 2.80. The molecule has 1 amide bonds. The molecule has 2 N–H and O–H groups in total. The highest BCUT2D eigenvalue weighted by Crippen LogP contribution is 2.28. The number of carbonyl (C=O) groups excluding carboxylic acids is 2. The summed E-state index contributed by atoms with van der Waals surface area (Å²) in [5.74, 6) is -1.87. The number of hydrogen-bond donors (Lipinski definition) is 2. The SMILES string of the molecule is O=C(COC(=O)c1[nH]c2ccccc2c1Br)NCC(F)(F)F. The number of para-hydroxylation sites is 1. The average molecular weight is 379 g/mol. The largest absolute Gasteiger partial charge is 0.451 e. The lowest BCUT2D eigenvalue weighted by molar-refractivity contribution is -0.140. The summed E-state index contributed by atoms with van der Waals surface area (Å²) in [6.07, 6.45) is -4.51. The molecule has 5 nitrogen and oxygen atoms in total.